The van der Waals surface area contributed by atoms with E-state index in [1.807, 2.05) is 0 Å². The standard InChI is InChI=1S/C36H36O17/c37-11-22-28(45)33(50)34(51)36(53-22)27-30(47)24(17(41)5-2-12-1-4-15(39)18(42)7-12)29(46)26(31(27)48)25-23-20(44)9-14(38)10-21(23)52-35(32(25)49)13-3-6-16(40)19(43)8-13/h1,3-4,6-10,22,25,28,32-40,42-51H,2,5,11H2/t22-,25+,28-,32+,33+,34-,35-,36-/m1/s1. The number of carbonyl (C=O) groups is 1. The highest BCUT2D eigenvalue weighted by Gasteiger charge is 2.50. The van der Waals surface area contributed by atoms with E-state index in [1.54, 1.807) is 0 Å². The van der Waals surface area contributed by atoms with Gasteiger partial charge in [0.2, 0.25) is 0 Å². The topological polar surface area (TPSA) is 319 Å². The third kappa shape index (κ3) is 6.39. The second-order valence-corrected chi connectivity index (χ2v) is 12.9. The number of fused-ring (bicyclic) bond motifs is 1. The highest BCUT2D eigenvalue weighted by molar-refractivity contribution is 6.03. The van der Waals surface area contributed by atoms with Crippen LogP contribution in [-0.2, 0) is 11.2 Å². The van der Waals surface area contributed by atoms with Crippen LogP contribution in [0.5, 0.6) is 57.5 Å². The van der Waals surface area contributed by atoms with E-state index in [1.165, 1.54) is 24.3 Å². The van der Waals surface area contributed by atoms with Crippen LogP contribution in [-0.4, -0.2) is 114 Å². The van der Waals surface area contributed by atoms with Crippen molar-refractivity contribution >= 4 is 5.78 Å². The van der Waals surface area contributed by atoms with E-state index in [9.17, 15) is 76.3 Å². The Kier molecular flexibility index (Phi) is 9.82. The Morgan fingerprint density at radius 2 is 1.25 bits per heavy atom. The van der Waals surface area contributed by atoms with Crippen LogP contribution in [0.25, 0.3) is 0 Å². The summed E-state index contributed by atoms with van der Waals surface area (Å²) in [6.45, 7) is -0.927. The maximum absolute atomic E-state index is 13.9. The monoisotopic (exact) mass is 740 g/mol. The van der Waals surface area contributed by atoms with Crippen molar-refractivity contribution in [3.63, 3.8) is 0 Å². The van der Waals surface area contributed by atoms with Crippen LogP contribution in [0, 0.1) is 0 Å². The molecule has 0 amide bonds. The van der Waals surface area contributed by atoms with Crippen LogP contribution >= 0.6 is 0 Å². The van der Waals surface area contributed by atoms with E-state index < -0.39 is 136 Å². The van der Waals surface area contributed by atoms with E-state index in [4.69, 9.17) is 9.47 Å². The molecule has 2 aliphatic rings. The summed E-state index contributed by atoms with van der Waals surface area (Å²) in [5.41, 5.74) is -2.51. The predicted molar refractivity (Wildman–Crippen MR) is 177 cm³/mol. The smallest absolute Gasteiger partial charge is 0.170 e. The van der Waals surface area contributed by atoms with Crippen molar-refractivity contribution in [2.24, 2.45) is 0 Å². The van der Waals surface area contributed by atoms with Crippen molar-refractivity contribution in [2.75, 3.05) is 6.61 Å². The van der Waals surface area contributed by atoms with Crippen molar-refractivity contribution in [2.45, 2.75) is 61.5 Å². The Morgan fingerprint density at radius 3 is 1.89 bits per heavy atom. The number of phenolic OH excluding ortho intramolecular Hbond substituents is 9. The van der Waals surface area contributed by atoms with Crippen molar-refractivity contribution in [3.05, 3.63) is 81.9 Å². The van der Waals surface area contributed by atoms with E-state index in [-0.39, 0.29) is 23.3 Å². The van der Waals surface area contributed by atoms with Crippen LogP contribution in [0.3, 0.4) is 0 Å². The number of Topliss-reactive ketones (excluding diaryl/α,β-unsaturated/α-hetero) is 1. The number of aliphatic hydroxyl groups is 5. The maximum atomic E-state index is 13.9. The normalized spacial score (nSPS) is 25.4. The van der Waals surface area contributed by atoms with E-state index in [0.717, 1.165) is 24.3 Å². The Labute approximate surface area is 298 Å². The average Bonchev–Trinajstić information content (AvgIpc) is 3.10. The minimum Gasteiger partial charge on any atom is -0.508 e. The third-order valence-electron chi connectivity index (χ3n) is 9.59. The number of phenols is 9. The molecule has 17 heteroatoms. The second-order valence-electron chi connectivity index (χ2n) is 12.9. The van der Waals surface area contributed by atoms with Crippen molar-refractivity contribution < 1.29 is 85.8 Å². The molecule has 0 saturated carbocycles. The number of rotatable bonds is 8. The van der Waals surface area contributed by atoms with E-state index >= 15 is 0 Å². The molecule has 0 aliphatic carbocycles. The number of hydrogen-bond acceptors (Lipinski definition) is 17. The van der Waals surface area contributed by atoms with Gasteiger partial charge < -0.3 is 81.0 Å². The van der Waals surface area contributed by atoms with Gasteiger partial charge in [0.15, 0.2) is 34.9 Å². The SMILES string of the molecule is O=C(CCc1ccc(O)c(O)c1)c1c(O)c([C@@H]2c3c(O)cc(O)cc3O[C@H](c3ccc(O)c(O)c3)[C@H]2O)c(O)c([C@H]2O[C@H](CO)[C@@H](O)[C@H](O)[C@H]2O)c1O. The fourth-order valence-electron chi connectivity index (χ4n) is 6.88. The molecule has 4 aromatic rings. The maximum Gasteiger partial charge on any atom is 0.170 e. The number of hydrogen-bond donors (Lipinski definition) is 14. The first kappa shape index (κ1) is 37.1. The first-order chi connectivity index (χ1) is 25.0. The van der Waals surface area contributed by atoms with Crippen LogP contribution in [0.2, 0.25) is 0 Å². The van der Waals surface area contributed by atoms with Crippen molar-refractivity contribution in [3.8, 4) is 57.5 Å². The van der Waals surface area contributed by atoms with Gasteiger partial charge in [-0.1, -0.05) is 12.1 Å². The minimum absolute atomic E-state index is 0.00616. The number of aromatic hydroxyl groups is 9. The van der Waals surface area contributed by atoms with Gasteiger partial charge in [-0.3, -0.25) is 4.79 Å². The number of aliphatic hydroxyl groups excluding tert-OH is 5. The summed E-state index contributed by atoms with van der Waals surface area (Å²) in [5.74, 6) is -9.96. The zero-order valence-electron chi connectivity index (χ0n) is 27.3. The zero-order chi connectivity index (χ0) is 38.6. The van der Waals surface area contributed by atoms with Gasteiger partial charge in [0.25, 0.3) is 0 Å². The second kappa shape index (κ2) is 14.0. The molecule has 8 atom stereocenters. The third-order valence-corrected chi connectivity index (χ3v) is 9.59. The Morgan fingerprint density at radius 1 is 0.604 bits per heavy atom. The van der Waals surface area contributed by atoms with Gasteiger partial charge in [0, 0.05) is 29.7 Å². The van der Waals surface area contributed by atoms with Gasteiger partial charge in [0.05, 0.1) is 18.1 Å². The summed E-state index contributed by atoms with van der Waals surface area (Å²) in [4.78, 5) is 13.9. The van der Waals surface area contributed by atoms with E-state index in [0.29, 0.717) is 5.56 Å². The molecule has 14 N–H and O–H groups in total. The van der Waals surface area contributed by atoms with Gasteiger partial charge in [-0.15, -0.1) is 0 Å². The van der Waals surface area contributed by atoms with E-state index in [2.05, 4.69) is 0 Å². The fraction of sp³-hybridized carbons (Fsp3) is 0.306. The lowest BCUT2D eigenvalue weighted by molar-refractivity contribution is -0.232. The summed E-state index contributed by atoms with van der Waals surface area (Å²) >= 11 is 0. The van der Waals surface area contributed by atoms with Gasteiger partial charge in [0.1, 0.15) is 76.7 Å². The summed E-state index contributed by atoms with van der Waals surface area (Å²) in [6.07, 6.45) is -13.8. The van der Waals surface area contributed by atoms with Crippen LogP contribution in [0.4, 0.5) is 0 Å². The van der Waals surface area contributed by atoms with Crippen molar-refractivity contribution in [1.82, 2.24) is 0 Å². The molecule has 4 aromatic carbocycles. The largest absolute Gasteiger partial charge is 0.508 e. The lowest BCUT2D eigenvalue weighted by atomic mass is 9.76. The molecule has 0 spiro atoms. The predicted octanol–water partition coefficient (Wildman–Crippen LogP) is 0.994. The molecule has 6 rings (SSSR count). The molecule has 0 aromatic heterocycles. The Balaban J connectivity index is 1.59. The molecule has 0 radical (unpaired) electrons. The highest BCUT2D eigenvalue weighted by Crippen LogP contribution is 2.58. The number of benzene rings is 4. The summed E-state index contributed by atoms with van der Waals surface area (Å²) in [7, 11) is 0. The molecule has 53 heavy (non-hydrogen) atoms. The zero-order valence-corrected chi connectivity index (χ0v) is 27.3. The lowest BCUT2D eigenvalue weighted by Crippen LogP contribution is -2.55. The number of aryl methyl sites for hydroxylation is 1. The van der Waals surface area contributed by atoms with Crippen molar-refractivity contribution in [1.29, 1.82) is 0 Å². The molecule has 2 heterocycles. The van der Waals surface area contributed by atoms with Gasteiger partial charge in [-0.05, 0) is 41.8 Å². The van der Waals surface area contributed by atoms with Crippen LogP contribution in [0.1, 0.15) is 62.7 Å². The van der Waals surface area contributed by atoms with Gasteiger partial charge in [-0.25, -0.2) is 0 Å². The summed E-state index contributed by atoms with van der Waals surface area (Å²) < 4.78 is 11.5. The molecular weight excluding hydrogens is 704 g/mol. The van der Waals surface area contributed by atoms with Gasteiger partial charge >= 0.3 is 0 Å². The summed E-state index contributed by atoms with van der Waals surface area (Å²) in [5, 5.41) is 150. The Hall–Kier alpha value is -5.69. The van der Waals surface area contributed by atoms with Gasteiger partial charge in [-0.2, -0.15) is 0 Å². The first-order valence-electron chi connectivity index (χ1n) is 16.1. The molecule has 1 saturated heterocycles. The first-order valence-corrected chi connectivity index (χ1v) is 16.1. The number of ether oxygens (including phenoxy) is 2. The Bertz CT molecular complexity index is 2060. The fourth-order valence-corrected chi connectivity index (χ4v) is 6.88. The molecule has 17 nitrogen and oxygen atoms in total. The highest BCUT2D eigenvalue weighted by atomic mass is 16.5. The lowest BCUT2D eigenvalue weighted by Gasteiger charge is -2.41. The summed E-state index contributed by atoms with van der Waals surface area (Å²) in [6, 6.07) is 8.94. The quantitative estimate of drug-likeness (QED) is 0.0885. The minimum atomic E-state index is -2.14. The molecule has 282 valence electrons. The molecule has 2 aliphatic heterocycles. The molecule has 1 fully saturated rings. The van der Waals surface area contributed by atoms with Crippen LogP contribution in [0.15, 0.2) is 48.5 Å². The number of carbonyl (C=O) groups excluding carboxylic acids is 1. The molecule has 0 bridgehead atoms. The molecule has 0 unspecified atom stereocenters. The molecular formula is C36H36O17. The number of ketones is 1. The average molecular weight is 741 g/mol. The van der Waals surface area contributed by atoms with Crippen LogP contribution < -0.4 is 4.74 Å².